The first-order valence-electron chi connectivity index (χ1n) is 25.2. The van der Waals surface area contributed by atoms with Gasteiger partial charge in [-0.3, -0.25) is 4.79 Å². The minimum Gasteiger partial charge on any atom is -0.507 e. The maximum Gasteiger partial charge on any atom is 0.178 e. The highest BCUT2D eigenvalue weighted by Crippen LogP contribution is 2.51. The van der Waals surface area contributed by atoms with Crippen LogP contribution in [-0.4, -0.2) is 25.1 Å². The number of fused-ring (bicyclic) bond motifs is 14. The van der Waals surface area contributed by atoms with Gasteiger partial charge >= 0.3 is 0 Å². The van der Waals surface area contributed by atoms with Crippen LogP contribution in [0.15, 0.2) is 176 Å². The molecule has 0 radical (unpaired) electrons. The van der Waals surface area contributed by atoms with E-state index in [4.69, 9.17) is 14.2 Å². The fraction of sp³-hybridized carbons (Fsp3) is 0.197. The molecule has 350 valence electrons. The largest absolute Gasteiger partial charge is 0.507 e. The van der Waals surface area contributed by atoms with Crippen molar-refractivity contribution >= 4 is 65.7 Å². The van der Waals surface area contributed by atoms with Crippen LogP contribution in [0, 0.1) is 0 Å². The summed E-state index contributed by atoms with van der Waals surface area (Å²) in [7, 11) is 3.39. The van der Waals surface area contributed by atoms with Gasteiger partial charge in [-0.05, 0) is 165 Å². The lowest BCUT2D eigenvalue weighted by Crippen LogP contribution is -2.34. The van der Waals surface area contributed by atoms with Gasteiger partial charge in [0, 0.05) is 39.8 Å². The van der Waals surface area contributed by atoms with Crippen LogP contribution in [0.4, 0.5) is 0 Å². The maximum absolute atomic E-state index is 11.8. The second-order valence-electron chi connectivity index (χ2n) is 19.5. The van der Waals surface area contributed by atoms with E-state index in [0.29, 0.717) is 11.5 Å². The van der Waals surface area contributed by atoms with E-state index in [9.17, 15) is 9.90 Å². The highest BCUT2D eigenvalue weighted by Gasteiger charge is 2.39. The van der Waals surface area contributed by atoms with Gasteiger partial charge in [-0.1, -0.05) is 140 Å². The minimum absolute atomic E-state index is 0.145. The molecule has 1 aliphatic heterocycles. The summed E-state index contributed by atoms with van der Waals surface area (Å²) in [5.41, 5.74) is 9.47. The topological polar surface area (TPSA) is 65.0 Å². The minimum atomic E-state index is -0.781. The third kappa shape index (κ3) is 7.76. The van der Waals surface area contributed by atoms with E-state index >= 15 is 0 Å². The zero-order valence-corrected chi connectivity index (χ0v) is 40.3. The van der Waals surface area contributed by atoms with Crippen molar-refractivity contribution < 1.29 is 24.1 Å². The van der Waals surface area contributed by atoms with Crippen LogP contribution in [0.2, 0.25) is 0 Å². The van der Waals surface area contributed by atoms with Crippen molar-refractivity contribution in [3.63, 3.8) is 0 Å². The molecule has 1 saturated carbocycles. The second-order valence-corrected chi connectivity index (χ2v) is 19.5. The summed E-state index contributed by atoms with van der Waals surface area (Å²) in [6, 6.07) is 58.7. The van der Waals surface area contributed by atoms with Gasteiger partial charge in [0.25, 0.3) is 0 Å². The van der Waals surface area contributed by atoms with E-state index in [1.807, 2.05) is 48.5 Å². The first-order valence-corrected chi connectivity index (χ1v) is 25.2. The number of benzene rings is 10. The zero-order valence-electron chi connectivity index (χ0n) is 40.3. The van der Waals surface area contributed by atoms with Gasteiger partial charge in [-0.25, -0.2) is 0 Å². The molecule has 1 atom stereocenters. The summed E-state index contributed by atoms with van der Waals surface area (Å²) < 4.78 is 18.2. The van der Waals surface area contributed by atoms with Crippen LogP contribution in [0.1, 0.15) is 82.5 Å². The Bertz CT molecular complexity index is 3660. The monoisotopic (exact) mass is 928 g/mol. The number of hydrogen-bond donors (Lipinski definition) is 1. The van der Waals surface area contributed by atoms with Gasteiger partial charge in [0.1, 0.15) is 28.8 Å². The molecule has 0 amide bonds. The van der Waals surface area contributed by atoms with Gasteiger partial charge in [-0.2, -0.15) is 0 Å². The molecule has 0 bridgehead atoms. The van der Waals surface area contributed by atoms with Crippen molar-refractivity contribution in [3.05, 3.63) is 220 Å². The van der Waals surface area contributed by atoms with Crippen LogP contribution in [0.25, 0.3) is 59.9 Å². The lowest BCUT2D eigenvalue weighted by Gasteiger charge is -2.37. The van der Waals surface area contributed by atoms with E-state index in [0.717, 1.165) is 78.7 Å². The molecule has 0 aromatic heterocycles. The molecule has 5 heteroatoms. The lowest BCUT2D eigenvalue weighted by molar-refractivity contribution is -0.118. The summed E-state index contributed by atoms with van der Waals surface area (Å²) in [6.45, 7) is 0. The van der Waals surface area contributed by atoms with Crippen LogP contribution in [0.3, 0.4) is 0 Å². The Morgan fingerprint density at radius 3 is 1.70 bits per heavy atom. The summed E-state index contributed by atoms with van der Waals surface area (Å²) in [5, 5.41) is 22.6. The molecular formula is C66H56O5. The molecule has 3 aliphatic carbocycles. The van der Waals surface area contributed by atoms with Crippen molar-refractivity contribution in [1.82, 2.24) is 0 Å². The summed E-state index contributed by atoms with van der Waals surface area (Å²) in [5.74, 6) is 3.60. The molecule has 5 nitrogen and oxygen atoms in total. The molecule has 1 fully saturated rings. The number of hydrogen-bond acceptors (Lipinski definition) is 5. The van der Waals surface area contributed by atoms with E-state index < -0.39 is 5.60 Å². The SMILES string of the molecule is COc1ccc(C2(c3ccc(OC)cc3)C=Cc3c4c(c5c(ccc6ccccc65)c3O2)CCC4)cc1.O=C1CCCC1c1cccc2ccccc12.Oc1cc2c(c3c1ccc1ccccc13)CCC2. The zero-order chi connectivity index (χ0) is 48.1. The average molecular weight is 929 g/mol. The fourth-order valence-electron chi connectivity index (χ4n) is 12.2. The third-order valence-corrected chi connectivity index (χ3v) is 15.6. The fourth-order valence-corrected chi connectivity index (χ4v) is 12.2. The molecule has 10 aromatic rings. The summed E-state index contributed by atoms with van der Waals surface area (Å²) in [4.78, 5) is 11.8. The quantitative estimate of drug-likeness (QED) is 0.174. The Kier molecular flexibility index (Phi) is 11.5. The van der Waals surface area contributed by atoms with Gasteiger partial charge in [0.15, 0.2) is 5.60 Å². The van der Waals surface area contributed by atoms with Gasteiger partial charge < -0.3 is 19.3 Å². The van der Waals surface area contributed by atoms with Gasteiger partial charge in [-0.15, -0.1) is 0 Å². The highest BCUT2D eigenvalue weighted by atomic mass is 16.5. The number of phenolic OH excluding ortho intramolecular Hbond substituents is 1. The molecule has 10 aromatic carbocycles. The number of Topliss-reactive ketones (excluding diaryl/α,β-unsaturated/α-hetero) is 1. The Balaban J connectivity index is 0.000000125. The standard InChI is InChI=1S/C34H28O3.C17H14O.C15H14O/c1-35-25-15-11-23(12-16-25)34(24-13-17-26(36-2)18-14-24)21-20-30-28-8-5-9-29(28)32-27-7-4-3-6-22(27)10-19-31(32)33(30)37-34;18-16-10-12-5-3-7-14(12)17-13-6-2-1-4-11(13)8-9-15(16)17;16-15-10-4-9-14(15)13-8-3-6-11-5-1-2-7-12(11)13/h3-4,6-7,10-21H,5,8-9H2,1-2H3;1-2,4,6,8-10,18H,3,5,7H2;1-3,5-8,14H,4,9-10H2. The second kappa shape index (κ2) is 18.5. The molecule has 0 spiro atoms. The Morgan fingerprint density at radius 2 is 1.07 bits per heavy atom. The third-order valence-electron chi connectivity index (χ3n) is 15.6. The van der Waals surface area contributed by atoms with E-state index in [1.165, 1.54) is 94.7 Å². The van der Waals surface area contributed by atoms with Crippen molar-refractivity contribution in [2.75, 3.05) is 14.2 Å². The highest BCUT2D eigenvalue weighted by molar-refractivity contribution is 6.14. The van der Waals surface area contributed by atoms with Gasteiger partial charge in [0.2, 0.25) is 0 Å². The van der Waals surface area contributed by atoms with Gasteiger partial charge in [0.05, 0.1) is 14.2 Å². The number of carbonyl (C=O) groups is 1. The molecule has 1 N–H and O–H groups in total. The number of rotatable bonds is 5. The van der Waals surface area contributed by atoms with Crippen molar-refractivity contribution in [2.45, 2.75) is 69.3 Å². The number of aryl methyl sites for hydroxylation is 3. The predicted molar refractivity (Wildman–Crippen MR) is 291 cm³/mol. The first kappa shape index (κ1) is 44.3. The van der Waals surface area contributed by atoms with Crippen molar-refractivity contribution in [2.24, 2.45) is 0 Å². The maximum atomic E-state index is 11.8. The predicted octanol–water partition coefficient (Wildman–Crippen LogP) is 15.7. The number of aromatic hydroxyl groups is 1. The molecular weight excluding hydrogens is 873 g/mol. The van der Waals surface area contributed by atoms with Crippen LogP contribution in [-0.2, 0) is 36.1 Å². The Labute approximate surface area is 415 Å². The van der Waals surface area contributed by atoms with E-state index in [-0.39, 0.29) is 5.92 Å². The number of ether oxygens (including phenoxy) is 3. The van der Waals surface area contributed by atoms with Crippen molar-refractivity contribution in [1.29, 1.82) is 0 Å². The van der Waals surface area contributed by atoms with Crippen LogP contribution in [0.5, 0.6) is 23.0 Å². The summed E-state index contributed by atoms with van der Waals surface area (Å²) in [6.07, 6.45) is 14.2. The lowest BCUT2D eigenvalue weighted by atomic mass is 9.81. The molecule has 0 saturated heterocycles. The Hall–Kier alpha value is -7.89. The van der Waals surface area contributed by atoms with Crippen LogP contribution >= 0.6 is 0 Å². The first-order chi connectivity index (χ1) is 34.9. The Morgan fingerprint density at radius 1 is 0.521 bits per heavy atom. The summed E-state index contributed by atoms with van der Waals surface area (Å²) >= 11 is 0. The van der Waals surface area contributed by atoms with E-state index in [2.05, 4.69) is 133 Å². The molecule has 1 heterocycles. The number of carbonyl (C=O) groups excluding carboxylic acids is 1. The normalized spacial score (nSPS) is 16.2. The number of ketones is 1. The van der Waals surface area contributed by atoms with Crippen LogP contribution < -0.4 is 14.2 Å². The average Bonchev–Trinajstić information content (AvgIpc) is 4.23. The molecule has 71 heavy (non-hydrogen) atoms. The molecule has 1 unspecified atom stereocenters. The molecule has 14 rings (SSSR count). The van der Waals surface area contributed by atoms with Crippen molar-refractivity contribution in [3.8, 4) is 23.0 Å². The smallest absolute Gasteiger partial charge is 0.178 e. The van der Waals surface area contributed by atoms with E-state index in [1.54, 1.807) is 14.2 Å². The number of methoxy groups -OCH3 is 2. The number of phenols is 1. The molecule has 4 aliphatic rings.